The Balaban J connectivity index is 2.08. The standard InChI is InChI=1S/C23H21NO3/c1-23(2,22(26)27)24-21(25)20-15-13-17-10-6-7-11-18(17)19(20)14-12-16-8-4-3-5-9-16/h3-15H,1-2H3,(H,24,25)(H,26,27). The summed E-state index contributed by atoms with van der Waals surface area (Å²) in [5.41, 5.74) is 0.858. The lowest BCUT2D eigenvalue weighted by Gasteiger charge is -2.22. The van der Waals surface area contributed by atoms with E-state index in [9.17, 15) is 14.7 Å². The largest absolute Gasteiger partial charge is 0.480 e. The summed E-state index contributed by atoms with van der Waals surface area (Å²) in [6.45, 7) is 2.93. The predicted molar refractivity (Wildman–Crippen MR) is 108 cm³/mol. The van der Waals surface area contributed by atoms with Gasteiger partial charge >= 0.3 is 5.97 Å². The number of hydrogen-bond donors (Lipinski definition) is 2. The lowest BCUT2D eigenvalue weighted by Crippen LogP contribution is -2.49. The molecule has 0 saturated carbocycles. The van der Waals surface area contributed by atoms with E-state index in [0.29, 0.717) is 5.56 Å². The normalized spacial score (nSPS) is 11.6. The van der Waals surface area contributed by atoms with Crippen molar-refractivity contribution in [1.29, 1.82) is 0 Å². The van der Waals surface area contributed by atoms with Gasteiger partial charge in [0.15, 0.2) is 0 Å². The van der Waals surface area contributed by atoms with Gasteiger partial charge in [-0.05, 0) is 41.8 Å². The van der Waals surface area contributed by atoms with E-state index in [1.165, 1.54) is 13.8 Å². The van der Waals surface area contributed by atoms with E-state index in [0.717, 1.165) is 21.9 Å². The molecule has 4 heteroatoms. The Morgan fingerprint density at radius 2 is 1.56 bits per heavy atom. The van der Waals surface area contributed by atoms with Crippen LogP contribution in [0.3, 0.4) is 0 Å². The molecule has 0 fully saturated rings. The summed E-state index contributed by atoms with van der Waals surface area (Å²) < 4.78 is 0. The molecule has 0 heterocycles. The van der Waals surface area contributed by atoms with Crippen molar-refractivity contribution < 1.29 is 14.7 Å². The number of rotatable bonds is 5. The Kier molecular flexibility index (Phi) is 5.08. The van der Waals surface area contributed by atoms with Gasteiger partial charge in [-0.2, -0.15) is 0 Å². The minimum Gasteiger partial charge on any atom is -0.480 e. The molecule has 0 spiro atoms. The fraction of sp³-hybridized carbons (Fsp3) is 0.130. The van der Waals surface area contributed by atoms with E-state index in [-0.39, 0.29) is 0 Å². The molecule has 2 N–H and O–H groups in total. The van der Waals surface area contributed by atoms with E-state index < -0.39 is 17.4 Å². The molecular formula is C23H21NO3. The van der Waals surface area contributed by atoms with Gasteiger partial charge in [0.2, 0.25) is 0 Å². The number of hydrogen-bond acceptors (Lipinski definition) is 2. The first kappa shape index (κ1) is 18.4. The first-order valence-electron chi connectivity index (χ1n) is 8.69. The summed E-state index contributed by atoms with van der Waals surface area (Å²) in [4.78, 5) is 24.2. The van der Waals surface area contributed by atoms with Crippen LogP contribution < -0.4 is 5.32 Å². The molecule has 3 aromatic rings. The first-order chi connectivity index (χ1) is 12.9. The number of carboxylic acids is 1. The second-order valence-corrected chi connectivity index (χ2v) is 6.88. The third-order valence-electron chi connectivity index (χ3n) is 4.42. The fourth-order valence-corrected chi connectivity index (χ4v) is 2.82. The Morgan fingerprint density at radius 3 is 2.26 bits per heavy atom. The van der Waals surface area contributed by atoms with Crippen molar-refractivity contribution in [2.45, 2.75) is 19.4 Å². The van der Waals surface area contributed by atoms with Crippen molar-refractivity contribution >= 4 is 34.8 Å². The smallest absolute Gasteiger partial charge is 0.328 e. The summed E-state index contributed by atoms with van der Waals surface area (Å²) >= 11 is 0. The van der Waals surface area contributed by atoms with Crippen LogP contribution in [-0.4, -0.2) is 22.5 Å². The molecule has 0 bridgehead atoms. The Bertz CT molecular complexity index is 1020. The molecule has 0 aliphatic heterocycles. The molecule has 0 saturated heterocycles. The zero-order chi connectivity index (χ0) is 19.4. The molecule has 4 nitrogen and oxygen atoms in total. The Morgan fingerprint density at radius 1 is 0.889 bits per heavy atom. The second-order valence-electron chi connectivity index (χ2n) is 6.88. The summed E-state index contributed by atoms with van der Waals surface area (Å²) in [6, 6.07) is 21.2. The maximum absolute atomic E-state index is 12.8. The number of nitrogens with one attached hydrogen (secondary N) is 1. The zero-order valence-electron chi connectivity index (χ0n) is 15.3. The van der Waals surface area contributed by atoms with Gasteiger partial charge in [0.1, 0.15) is 5.54 Å². The van der Waals surface area contributed by atoms with Gasteiger partial charge in [0.25, 0.3) is 5.91 Å². The van der Waals surface area contributed by atoms with Crippen molar-refractivity contribution in [3.63, 3.8) is 0 Å². The Labute approximate surface area is 158 Å². The summed E-state index contributed by atoms with van der Waals surface area (Å²) in [6.07, 6.45) is 3.85. The molecule has 3 aromatic carbocycles. The van der Waals surface area contributed by atoms with E-state index in [1.807, 2.05) is 72.8 Å². The van der Waals surface area contributed by atoms with Crippen molar-refractivity contribution in [2.75, 3.05) is 0 Å². The van der Waals surface area contributed by atoms with Crippen molar-refractivity contribution in [1.82, 2.24) is 5.32 Å². The van der Waals surface area contributed by atoms with Gasteiger partial charge in [-0.1, -0.05) is 72.8 Å². The van der Waals surface area contributed by atoms with Crippen LogP contribution in [0.1, 0.15) is 35.3 Å². The molecular weight excluding hydrogens is 338 g/mol. The van der Waals surface area contributed by atoms with Crippen LogP contribution in [0.15, 0.2) is 66.7 Å². The summed E-state index contributed by atoms with van der Waals surface area (Å²) in [5, 5.41) is 13.9. The highest BCUT2D eigenvalue weighted by Crippen LogP contribution is 2.25. The van der Waals surface area contributed by atoms with E-state index in [1.54, 1.807) is 6.07 Å². The van der Waals surface area contributed by atoms with Crippen molar-refractivity contribution in [2.24, 2.45) is 0 Å². The van der Waals surface area contributed by atoms with E-state index >= 15 is 0 Å². The third kappa shape index (κ3) is 4.06. The van der Waals surface area contributed by atoms with Gasteiger partial charge < -0.3 is 10.4 Å². The number of carbonyl (C=O) groups is 2. The number of aliphatic carboxylic acids is 1. The van der Waals surface area contributed by atoms with Crippen LogP contribution in [0.25, 0.3) is 22.9 Å². The van der Waals surface area contributed by atoms with E-state index in [2.05, 4.69) is 5.32 Å². The average molecular weight is 359 g/mol. The molecule has 0 atom stereocenters. The van der Waals surface area contributed by atoms with Crippen molar-refractivity contribution in [3.05, 3.63) is 83.4 Å². The molecule has 0 aliphatic rings. The van der Waals surface area contributed by atoms with Gasteiger partial charge in [0.05, 0.1) is 0 Å². The molecule has 27 heavy (non-hydrogen) atoms. The number of carbonyl (C=O) groups excluding carboxylic acids is 1. The van der Waals surface area contributed by atoms with E-state index in [4.69, 9.17) is 0 Å². The summed E-state index contributed by atoms with van der Waals surface area (Å²) in [7, 11) is 0. The maximum atomic E-state index is 12.8. The van der Waals surface area contributed by atoms with Gasteiger partial charge in [-0.15, -0.1) is 0 Å². The number of fused-ring (bicyclic) bond motifs is 1. The van der Waals surface area contributed by atoms with Gasteiger partial charge in [-0.3, -0.25) is 4.79 Å². The average Bonchev–Trinajstić information content (AvgIpc) is 2.66. The number of carboxylic acid groups (broad SMARTS) is 1. The molecule has 0 radical (unpaired) electrons. The monoisotopic (exact) mass is 359 g/mol. The molecule has 0 aromatic heterocycles. The highest BCUT2D eigenvalue weighted by atomic mass is 16.4. The lowest BCUT2D eigenvalue weighted by atomic mass is 9.96. The molecule has 1 amide bonds. The van der Waals surface area contributed by atoms with Gasteiger partial charge in [-0.25, -0.2) is 4.79 Å². The van der Waals surface area contributed by atoms with Crippen LogP contribution in [0, 0.1) is 0 Å². The molecule has 0 aliphatic carbocycles. The molecule has 136 valence electrons. The van der Waals surface area contributed by atoms with Crippen LogP contribution >= 0.6 is 0 Å². The molecule has 0 unspecified atom stereocenters. The van der Waals surface area contributed by atoms with Crippen LogP contribution in [0.2, 0.25) is 0 Å². The maximum Gasteiger partial charge on any atom is 0.328 e. The lowest BCUT2D eigenvalue weighted by molar-refractivity contribution is -0.143. The topological polar surface area (TPSA) is 66.4 Å². The number of benzene rings is 3. The molecule has 3 rings (SSSR count). The SMILES string of the molecule is CC(C)(NC(=O)c1ccc2ccccc2c1C=Cc1ccccc1)C(=O)O. The fourth-order valence-electron chi connectivity index (χ4n) is 2.82. The first-order valence-corrected chi connectivity index (χ1v) is 8.69. The van der Waals surface area contributed by atoms with Crippen LogP contribution in [0.5, 0.6) is 0 Å². The van der Waals surface area contributed by atoms with Crippen molar-refractivity contribution in [3.8, 4) is 0 Å². The highest BCUT2D eigenvalue weighted by Gasteiger charge is 2.30. The highest BCUT2D eigenvalue weighted by molar-refractivity contribution is 6.07. The predicted octanol–water partition coefficient (Wildman–Crippen LogP) is 4.60. The van der Waals surface area contributed by atoms with Crippen LogP contribution in [0.4, 0.5) is 0 Å². The quantitative estimate of drug-likeness (QED) is 0.654. The Hall–Kier alpha value is -3.40. The third-order valence-corrected chi connectivity index (χ3v) is 4.42. The number of amides is 1. The minimum atomic E-state index is -1.36. The van der Waals surface area contributed by atoms with Crippen LogP contribution in [-0.2, 0) is 4.79 Å². The summed E-state index contributed by atoms with van der Waals surface area (Å²) in [5.74, 6) is -1.50. The minimum absolute atomic E-state index is 0.416. The zero-order valence-corrected chi connectivity index (χ0v) is 15.3. The van der Waals surface area contributed by atoms with Gasteiger partial charge in [0, 0.05) is 5.56 Å². The second kappa shape index (κ2) is 7.46.